The molecule has 15 heavy (non-hydrogen) atoms. The fourth-order valence-corrected chi connectivity index (χ4v) is 1.88. The van der Waals surface area contributed by atoms with Crippen molar-refractivity contribution in [3.8, 4) is 0 Å². The minimum atomic E-state index is -0.390. The summed E-state index contributed by atoms with van der Waals surface area (Å²) in [5.74, 6) is 0. The van der Waals surface area contributed by atoms with E-state index in [1.807, 2.05) is 0 Å². The van der Waals surface area contributed by atoms with Gasteiger partial charge in [-0.2, -0.15) is 0 Å². The van der Waals surface area contributed by atoms with Crippen LogP contribution in [0.4, 0.5) is 0 Å². The molecule has 2 nitrogen and oxygen atoms in total. The molecule has 0 bridgehead atoms. The standard InChI is InChI=1S/C13H22O2/c1-5-7-11(14)12-13(4,15-12)9-6-8-10(2)3/h5,8,11-12,14H,1,6-7,9H2,2-4H3/t11-,12-,13-/m1/s1. The van der Waals surface area contributed by atoms with Crippen molar-refractivity contribution in [2.24, 2.45) is 0 Å². The predicted octanol–water partition coefficient (Wildman–Crippen LogP) is 2.83. The van der Waals surface area contributed by atoms with Gasteiger partial charge in [0.15, 0.2) is 0 Å². The van der Waals surface area contributed by atoms with Crippen LogP contribution in [0.1, 0.15) is 40.0 Å². The van der Waals surface area contributed by atoms with Gasteiger partial charge in [-0.05, 0) is 40.0 Å². The van der Waals surface area contributed by atoms with Gasteiger partial charge in [0.1, 0.15) is 6.10 Å². The van der Waals surface area contributed by atoms with Crippen molar-refractivity contribution in [1.29, 1.82) is 0 Å². The summed E-state index contributed by atoms with van der Waals surface area (Å²) in [7, 11) is 0. The number of aliphatic hydroxyl groups is 1. The number of epoxide rings is 1. The Bertz CT molecular complexity index is 253. The lowest BCUT2D eigenvalue weighted by Gasteiger charge is -2.08. The third-order valence-corrected chi connectivity index (χ3v) is 2.89. The van der Waals surface area contributed by atoms with Crippen LogP contribution in [0.15, 0.2) is 24.3 Å². The van der Waals surface area contributed by atoms with E-state index in [9.17, 15) is 5.11 Å². The molecular weight excluding hydrogens is 188 g/mol. The van der Waals surface area contributed by atoms with E-state index in [2.05, 4.69) is 33.4 Å². The highest BCUT2D eigenvalue weighted by atomic mass is 16.6. The first kappa shape index (κ1) is 12.5. The zero-order valence-electron chi connectivity index (χ0n) is 9.99. The molecule has 2 heteroatoms. The first-order valence-corrected chi connectivity index (χ1v) is 5.60. The van der Waals surface area contributed by atoms with Gasteiger partial charge in [0.2, 0.25) is 0 Å². The molecule has 1 rings (SSSR count). The monoisotopic (exact) mass is 210 g/mol. The summed E-state index contributed by atoms with van der Waals surface area (Å²) in [6.07, 6.45) is 6.18. The van der Waals surface area contributed by atoms with Gasteiger partial charge in [0, 0.05) is 0 Å². The van der Waals surface area contributed by atoms with Crippen molar-refractivity contribution in [2.75, 3.05) is 0 Å². The maximum atomic E-state index is 9.72. The molecule has 1 fully saturated rings. The number of hydrogen-bond donors (Lipinski definition) is 1. The second kappa shape index (κ2) is 4.95. The van der Waals surface area contributed by atoms with Gasteiger partial charge in [-0.25, -0.2) is 0 Å². The molecule has 1 aliphatic heterocycles. The molecule has 0 radical (unpaired) electrons. The smallest absolute Gasteiger partial charge is 0.113 e. The Kier molecular flexibility index (Phi) is 4.12. The van der Waals surface area contributed by atoms with Crippen LogP contribution in [0.5, 0.6) is 0 Å². The van der Waals surface area contributed by atoms with E-state index >= 15 is 0 Å². The Morgan fingerprint density at radius 1 is 1.60 bits per heavy atom. The summed E-state index contributed by atoms with van der Waals surface area (Å²) in [5.41, 5.74) is 1.22. The van der Waals surface area contributed by atoms with Crippen LogP contribution in [0, 0.1) is 0 Å². The second-order valence-corrected chi connectivity index (χ2v) is 4.76. The summed E-state index contributed by atoms with van der Waals surface area (Å²) < 4.78 is 5.57. The fourth-order valence-electron chi connectivity index (χ4n) is 1.88. The highest BCUT2D eigenvalue weighted by molar-refractivity contribution is 5.06. The van der Waals surface area contributed by atoms with Crippen molar-refractivity contribution >= 4 is 0 Å². The zero-order chi connectivity index (χ0) is 11.5. The highest BCUT2D eigenvalue weighted by Crippen LogP contribution is 2.43. The Morgan fingerprint density at radius 2 is 2.27 bits per heavy atom. The second-order valence-electron chi connectivity index (χ2n) is 4.76. The number of hydrogen-bond acceptors (Lipinski definition) is 2. The third kappa shape index (κ3) is 3.47. The van der Waals surface area contributed by atoms with E-state index < -0.39 is 0 Å². The van der Waals surface area contributed by atoms with E-state index in [1.54, 1.807) is 6.08 Å². The highest BCUT2D eigenvalue weighted by Gasteiger charge is 2.54. The zero-order valence-corrected chi connectivity index (χ0v) is 9.99. The van der Waals surface area contributed by atoms with E-state index in [4.69, 9.17) is 4.74 Å². The Hall–Kier alpha value is -0.600. The maximum absolute atomic E-state index is 9.72. The molecule has 3 atom stereocenters. The van der Waals surface area contributed by atoms with Gasteiger partial charge in [0.05, 0.1) is 11.7 Å². The number of allylic oxidation sites excluding steroid dienone is 2. The van der Waals surface area contributed by atoms with Crippen LogP contribution in [-0.2, 0) is 4.74 Å². The molecule has 1 saturated heterocycles. The van der Waals surface area contributed by atoms with Crippen LogP contribution in [0.25, 0.3) is 0 Å². The van der Waals surface area contributed by atoms with Crippen LogP contribution in [0.2, 0.25) is 0 Å². The summed E-state index contributed by atoms with van der Waals surface area (Å²) >= 11 is 0. The topological polar surface area (TPSA) is 32.8 Å². The maximum Gasteiger partial charge on any atom is 0.113 e. The average molecular weight is 210 g/mol. The summed E-state index contributed by atoms with van der Waals surface area (Å²) in [6.45, 7) is 9.89. The van der Waals surface area contributed by atoms with Crippen molar-refractivity contribution in [3.63, 3.8) is 0 Å². The predicted molar refractivity (Wildman–Crippen MR) is 62.8 cm³/mol. The Labute approximate surface area is 92.6 Å². The molecule has 0 unspecified atom stereocenters. The van der Waals surface area contributed by atoms with Crippen LogP contribution in [0.3, 0.4) is 0 Å². The van der Waals surface area contributed by atoms with Crippen molar-refractivity contribution in [1.82, 2.24) is 0 Å². The van der Waals surface area contributed by atoms with E-state index in [-0.39, 0.29) is 17.8 Å². The van der Waals surface area contributed by atoms with Gasteiger partial charge in [0.25, 0.3) is 0 Å². The molecule has 0 aromatic rings. The fraction of sp³-hybridized carbons (Fsp3) is 0.692. The molecule has 0 saturated carbocycles. The van der Waals surface area contributed by atoms with Gasteiger partial charge in [-0.3, -0.25) is 0 Å². The van der Waals surface area contributed by atoms with Gasteiger partial charge >= 0.3 is 0 Å². The molecule has 0 spiro atoms. The lowest BCUT2D eigenvalue weighted by Crippen LogP contribution is -2.21. The molecule has 0 aromatic heterocycles. The molecule has 1 heterocycles. The van der Waals surface area contributed by atoms with E-state index in [0.29, 0.717) is 6.42 Å². The first-order chi connectivity index (χ1) is 6.99. The van der Waals surface area contributed by atoms with Crippen LogP contribution < -0.4 is 0 Å². The third-order valence-electron chi connectivity index (χ3n) is 2.89. The first-order valence-electron chi connectivity index (χ1n) is 5.60. The van der Waals surface area contributed by atoms with Crippen molar-refractivity contribution < 1.29 is 9.84 Å². The molecule has 1 aliphatic rings. The number of ether oxygens (including phenoxy) is 1. The lowest BCUT2D eigenvalue weighted by molar-refractivity contribution is 0.138. The molecule has 86 valence electrons. The van der Waals surface area contributed by atoms with Crippen LogP contribution in [-0.4, -0.2) is 22.9 Å². The molecule has 0 aromatic carbocycles. The molecule has 0 aliphatic carbocycles. The minimum absolute atomic E-state index is 0.000984. The summed E-state index contributed by atoms with van der Waals surface area (Å²) in [5, 5.41) is 9.72. The number of aliphatic hydroxyl groups excluding tert-OH is 1. The SMILES string of the molecule is C=CC[C@@H](O)[C@H]1O[C@]1(C)CCC=C(C)C. The van der Waals surface area contributed by atoms with Crippen molar-refractivity contribution in [3.05, 3.63) is 24.3 Å². The van der Waals surface area contributed by atoms with E-state index in [1.165, 1.54) is 5.57 Å². The molecule has 1 N–H and O–H groups in total. The average Bonchev–Trinajstić information content (AvgIpc) is 2.78. The van der Waals surface area contributed by atoms with Crippen molar-refractivity contribution in [2.45, 2.75) is 57.8 Å². The Balaban J connectivity index is 2.32. The quantitative estimate of drug-likeness (QED) is 0.540. The van der Waals surface area contributed by atoms with Gasteiger partial charge < -0.3 is 9.84 Å². The molecular formula is C13H22O2. The van der Waals surface area contributed by atoms with Gasteiger partial charge in [-0.1, -0.05) is 17.7 Å². The van der Waals surface area contributed by atoms with Crippen LogP contribution >= 0.6 is 0 Å². The Morgan fingerprint density at radius 3 is 2.80 bits per heavy atom. The van der Waals surface area contributed by atoms with Gasteiger partial charge in [-0.15, -0.1) is 6.58 Å². The summed E-state index contributed by atoms with van der Waals surface area (Å²) in [6, 6.07) is 0. The van der Waals surface area contributed by atoms with E-state index in [0.717, 1.165) is 12.8 Å². The number of rotatable bonds is 6. The lowest BCUT2D eigenvalue weighted by atomic mass is 9.96. The normalized spacial score (nSPS) is 30.8. The summed E-state index contributed by atoms with van der Waals surface area (Å²) in [4.78, 5) is 0. The largest absolute Gasteiger partial charge is 0.390 e. The minimum Gasteiger partial charge on any atom is -0.390 e. The molecule has 0 amide bonds.